The number of carboxylic acid groups (broad SMARTS) is 1. The van der Waals surface area contributed by atoms with E-state index in [1.807, 2.05) is 6.07 Å². The molecule has 0 unspecified atom stereocenters. The van der Waals surface area contributed by atoms with Crippen LogP contribution in [0.15, 0.2) is 12.3 Å². The highest BCUT2D eigenvalue weighted by molar-refractivity contribution is 5.78. The van der Waals surface area contributed by atoms with E-state index in [1.165, 1.54) is 0 Å². The Balaban J connectivity index is 0.000000647. The van der Waals surface area contributed by atoms with Crippen molar-refractivity contribution >= 4 is 12.4 Å². The van der Waals surface area contributed by atoms with Crippen LogP contribution in [-0.4, -0.2) is 82.2 Å². The third kappa shape index (κ3) is 5.29. The van der Waals surface area contributed by atoms with Crippen molar-refractivity contribution in [2.24, 2.45) is 0 Å². The van der Waals surface area contributed by atoms with Gasteiger partial charge in [-0.3, -0.25) is 19.6 Å². The van der Waals surface area contributed by atoms with Crippen LogP contribution in [0.5, 0.6) is 0 Å². The van der Waals surface area contributed by atoms with Crippen molar-refractivity contribution in [1.29, 1.82) is 0 Å². The summed E-state index contributed by atoms with van der Waals surface area (Å²) in [5.41, 5.74) is 0.828. The number of aromatic amines is 1. The number of nitrogens with one attached hydrogen (secondary N) is 2. The van der Waals surface area contributed by atoms with E-state index in [-0.39, 0.29) is 31.1 Å². The Morgan fingerprint density at radius 2 is 2.33 bits per heavy atom. The van der Waals surface area contributed by atoms with Crippen LogP contribution in [0, 0.1) is 0 Å². The Labute approximate surface area is 140 Å². The van der Waals surface area contributed by atoms with Gasteiger partial charge in [-0.15, -0.1) is 0 Å². The summed E-state index contributed by atoms with van der Waals surface area (Å²) >= 11 is 0. The lowest BCUT2D eigenvalue weighted by Gasteiger charge is -2.34. The van der Waals surface area contributed by atoms with Gasteiger partial charge in [0.25, 0.3) is 6.47 Å². The topological polar surface area (TPSA) is 128 Å². The van der Waals surface area contributed by atoms with E-state index in [1.54, 1.807) is 6.20 Å². The minimum atomic E-state index is -0.250. The monoisotopic (exact) mass is 340 g/mol. The molecule has 1 aromatic rings. The molecule has 3 heterocycles. The zero-order valence-electron chi connectivity index (χ0n) is 13.4. The van der Waals surface area contributed by atoms with Gasteiger partial charge >= 0.3 is 0 Å². The first-order valence-electron chi connectivity index (χ1n) is 7.98. The molecule has 9 heteroatoms. The number of aromatic nitrogens is 2. The van der Waals surface area contributed by atoms with Gasteiger partial charge < -0.3 is 20.3 Å². The molecular weight excluding hydrogens is 316 g/mol. The number of nitrogens with zero attached hydrogens (tertiary/aromatic N) is 2. The largest absolute Gasteiger partial charge is 0.483 e. The fourth-order valence-corrected chi connectivity index (χ4v) is 3.20. The molecule has 3 rings (SSSR count). The van der Waals surface area contributed by atoms with Crippen molar-refractivity contribution in [2.75, 3.05) is 26.3 Å². The maximum atomic E-state index is 12.0. The Hall–Kier alpha value is -1.97. The van der Waals surface area contributed by atoms with E-state index in [2.05, 4.69) is 20.4 Å². The number of hydrogen-bond acceptors (Lipinski definition) is 6. The molecule has 134 valence electrons. The van der Waals surface area contributed by atoms with Crippen LogP contribution >= 0.6 is 0 Å². The molecule has 4 N–H and O–H groups in total. The maximum absolute atomic E-state index is 12.0. The van der Waals surface area contributed by atoms with Gasteiger partial charge in [0.05, 0.1) is 19.1 Å². The van der Waals surface area contributed by atoms with E-state index >= 15 is 0 Å². The SMILES string of the molecule is O=C(Cc1ccn[nH]1)N[C@H]1C[C@H]2CO[C@@H](CCO)CN2C1.O=CO. The Kier molecular flexibility index (Phi) is 7.16. The number of hydrogen-bond donors (Lipinski definition) is 4. The lowest BCUT2D eigenvalue weighted by Crippen LogP contribution is -2.46. The van der Waals surface area contributed by atoms with Crippen LogP contribution < -0.4 is 5.32 Å². The van der Waals surface area contributed by atoms with Crippen molar-refractivity contribution in [3.63, 3.8) is 0 Å². The molecule has 0 bridgehead atoms. The van der Waals surface area contributed by atoms with Gasteiger partial charge in [0.1, 0.15) is 0 Å². The van der Waals surface area contributed by atoms with Crippen molar-refractivity contribution in [2.45, 2.75) is 37.5 Å². The number of amides is 1. The molecular formula is C15H24N4O5. The van der Waals surface area contributed by atoms with Gasteiger partial charge in [-0.05, 0) is 18.9 Å². The first-order chi connectivity index (χ1) is 11.7. The van der Waals surface area contributed by atoms with Crippen LogP contribution in [0.4, 0.5) is 0 Å². The van der Waals surface area contributed by atoms with Gasteiger partial charge in [-0.25, -0.2) is 0 Å². The van der Waals surface area contributed by atoms with Crippen LogP contribution in [-0.2, 0) is 20.7 Å². The molecule has 2 aliphatic heterocycles. The quantitative estimate of drug-likeness (QED) is 0.506. The number of aliphatic hydroxyl groups is 1. The number of fused-ring (bicyclic) bond motifs is 1. The number of carbonyl (C=O) groups excluding carboxylic acids is 1. The summed E-state index contributed by atoms with van der Waals surface area (Å²) in [6.07, 6.45) is 3.72. The summed E-state index contributed by atoms with van der Waals surface area (Å²) in [6, 6.07) is 2.38. The van der Waals surface area contributed by atoms with E-state index in [4.69, 9.17) is 19.7 Å². The average molecular weight is 340 g/mol. The minimum Gasteiger partial charge on any atom is -0.483 e. The van der Waals surface area contributed by atoms with Gasteiger partial charge in [0.2, 0.25) is 5.91 Å². The number of rotatable bonds is 5. The fraction of sp³-hybridized carbons (Fsp3) is 0.667. The third-order valence-electron chi connectivity index (χ3n) is 4.22. The summed E-state index contributed by atoms with van der Waals surface area (Å²) in [4.78, 5) is 22.7. The molecule has 3 atom stereocenters. The fourth-order valence-electron chi connectivity index (χ4n) is 3.20. The van der Waals surface area contributed by atoms with Gasteiger partial charge in [-0.1, -0.05) is 0 Å². The van der Waals surface area contributed by atoms with Gasteiger partial charge in [0, 0.05) is 43.7 Å². The Morgan fingerprint density at radius 3 is 3.00 bits per heavy atom. The normalized spacial score (nSPS) is 26.1. The zero-order valence-corrected chi connectivity index (χ0v) is 13.4. The lowest BCUT2D eigenvalue weighted by atomic mass is 10.1. The Bertz CT molecular complexity index is 510. The van der Waals surface area contributed by atoms with E-state index in [9.17, 15) is 4.79 Å². The summed E-state index contributed by atoms with van der Waals surface area (Å²) in [5, 5.41) is 25.6. The van der Waals surface area contributed by atoms with Gasteiger partial charge in [0.15, 0.2) is 0 Å². The summed E-state index contributed by atoms with van der Waals surface area (Å²) in [5.74, 6) is 0.0249. The van der Waals surface area contributed by atoms with Crippen molar-refractivity contribution in [3.8, 4) is 0 Å². The average Bonchev–Trinajstić information content (AvgIpc) is 3.17. The molecule has 24 heavy (non-hydrogen) atoms. The highest BCUT2D eigenvalue weighted by Crippen LogP contribution is 2.24. The van der Waals surface area contributed by atoms with Crippen molar-refractivity contribution < 1.29 is 24.5 Å². The minimum absolute atomic E-state index is 0.0249. The lowest BCUT2D eigenvalue weighted by molar-refractivity contribution is -0.123. The maximum Gasteiger partial charge on any atom is 0.290 e. The summed E-state index contributed by atoms with van der Waals surface area (Å²) < 4.78 is 5.74. The second kappa shape index (κ2) is 9.36. The second-order valence-corrected chi connectivity index (χ2v) is 5.94. The molecule has 0 aromatic carbocycles. The summed E-state index contributed by atoms with van der Waals surface area (Å²) in [7, 11) is 0. The van der Waals surface area contributed by atoms with Crippen molar-refractivity contribution in [3.05, 3.63) is 18.0 Å². The number of ether oxygens (including phenoxy) is 1. The molecule has 0 spiro atoms. The van der Waals surface area contributed by atoms with Crippen molar-refractivity contribution in [1.82, 2.24) is 20.4 Å². The molecule has 2 fully saturated rings. The van der Waals surface area contributed by atoms with Crippen LogP contribution in [0.25, 0.3) is 0 Å². The number of morpholine rings is 1. The molecule has 0 aliphatic carbocycles. The Morgan fingerprint density at radius 1 is 1.54 bits per heavy atom. The molecule has 1 aromatic heterocycles. The first-order valence-corrected chi connectivity index (χ1v) is 7.98. The number of aliphatic hydroxyl groups excluding tert-OH is 1. The molecule has 2 saturated heterocycles. The first kappa shape index (κ1) is 18.4. The smallest absolute Gasteiger partial charge is 0.290 e. The molecule has 0 saturated carbocycles. The second-order valence-electron chi connectivity index (χ2n) is 5.94. The van der Waals surface area contributed by atoms with Crippen LogP contribution in [0.2, 0.25) is 0 Å². The van der Waals surface area contributed by atoms with Crippen LogP contribution in [0.1, 0.15) is 18.5 Å². The van der Waals surface area contributed by atoms with Crippen LogP contribution in [0.3, 0.4) is 0 Å². The summed E-state index contributed by atoms with van der Waals surface area (Å²) in [6.45, 7) is 2.31. The number of carbonyl (C=O) groups is 2. The molecule has 0 radical (unpaired) electrons. The predicted molar refractivity (Wildman–Crippen MR) is 84.3 cm³/mol. The molecule has 9 nitrogen and oxygen atoms in total. The van der Waals surface area contributed by atoms with E-state index < -0.39 is 0 Å². The highest BCUT2D eigenvalue weighted by Gasteiger charge is 2.37. The highest BCUT2D eigenvalue weighted by atomic mass is 16.5. The third-order valence-corrected chi connectivity index (χ3v) is 4.22. The number of H-pyrrole nitrogens is 1. The predicted octanol–water partition coefficient (Wildman–Crippen LogP) is -1.01. The van der Waals surface area contributed by atoms with Gasteiger partial charge in [-0.2, -0.15) is 5.10 Å². The van der Waals surface area contributed by atoms with E-state index in [0.717, 1.165) is 25.2 Å². The zero-order chi connectivity index (χ0) is 17.4. The van der Waals surface area contributed by atoms with E-state index in [0.29, 0.717) is 25.5 Å². The molecule has 1 amide bonds. The standard InChI is InChI=1S/C14H22N4O3.CH2O2/c19-4-2-13-8-18-7-11(5-12(18)9-21-13)16-14(20)6-10-1-3-15-17-10;2-1-3/h1,3,11-13,19H,2,4-9H2,(H,15,17)(H,16,20);1H,(H,2,3)/t11-,12-,13-;/m0./s1. The molecule has 2 aliphatic rings.